The van der Waals surface area contributed by atoms with Gasteiger partial charge in [0.2, 0.25) is 0 Å². The molecule has 0 atom stereocenters. The molecular weight excluding hydrogens is 320 g/mol. The van der Waals surface area contributed by atoms with Gasteiger partial charge in [-0.25, -0.2) is 4.98 Å². The maximum atomic E-state index is 9.34. The summed E-state index contributed by atoms with van der Waals surface area (Å²) in [6.07, 6.45) is 4.87. The molecular formula is C18H24N4OS. The lowest BCUT2D eigenvalue weighted by molar-refractivity contribution is 0.472. The van der Waals surface area contributed by atoms with Gasteiger partial charge in [0.1, 0.15) is 10.8 Å². The van der Waals surface area contributed by atoms with E-state index in [-0.39, 0.29) is 5.75 Å². The molecule has 1 aromatic heterocycles. The number of aryl methyl sites for hydroxylation is 2. The molecule has 5 nitrogen and oxygen atoms in total. The van der Waals surface area contributed by atoms with Crippen molar-refractivity contribution >= 4 is 17.3 Å². The Kier molecular flexibility index (Phi) is 5.35. The van der Waals surface area contributed by atoms with Crippen LogP contribution in [0.2, 0.25) is 0 Å². The molecule has 2 N–H and O–H groups in total. The summed E-state index contributed by atoms with van der Waals surface area (Å²) in [7, 11) is 3.83. The van der Waals surface area contributed by atoms with Gasteiger partial charge in [-0.3, -0.25) is 4.99 Å². The van der Waals surface area contributed by atoms with Crippen LogP contribution in [0.4, 0.5) is 0 Å². The molecule has 1 aliphatic rings. The van der Waals surface area contributed by atoms with E-state index in [9.17, 15) is 5.11 Å². The second-order valence-corrected chi connectivity index (χ2v) is 7.28. The van der Waals surface area contributed by atoms with Crippen LogP contribution in [-0.4, -0.2) is 35.0 Å². The largest absolute Gasteiger partial charge is 0.508 e. The second kappa shape index (κ2) is 7.66. The summed E-state index contributed by atoms with van der Waals surface area (Å²) in [6, 6.07) is 7.21. The van der Waals surface area contributed by atoms with E-state index in [1.165, 1.54) is 29.8 Å². The Morgan fingerprint density at radius 2 is 2.04 bits per heavy atom. The number of nitrogens with zero attached hydrogens (tertiary/aromatic N) is 3. The highest BCUT2D eigenvalue weighted by Crippen LogP contribution is 2.27. The highest BCUT2D eigenvalue weighted by molar-refractivity contribution is 7.11. The molecule has 0 spiro atoms. The number of aromatic nitrogens is 1. The van der Waals surface area contributed by atoms with Gasteiger partial charge in [-0.05, 0) is 43.4 Å². The summed E-state index contributed by atoms with van der Waals surface area (Å²) < 4.78 is 0. The van der Waals surface area contributed by atoms with Gasteiger partial charge in [-0.1, -0.05) is 12.1 Å². The van der Waals surface area contributed by atoms with E-state index in [2.05, 4.69) is 15.2 Å². The number of aromatic hydroxyl groups is 1. The molecule has 0 radical (unpaired) electrons. The molecule has 0 saturated heterocycles. The van der Waals surface area contributed by atoms with Gasteiger partial charge in [-0.2, -0.15) is 0 Å². The summed E-state index contributed by atoms with van der Waals surface area (Å²) in [5.74, 6) is 1.13. The summed E-state index contributed by atoms with van der Waals surface area (Å²) in [5.41, 5.74) is 2.41. The monoisotopic (exact) mass is 344 g/mol. The van der Waals surface area contributed by atoms with E-state index < -0.39 is 0 Å². The van der Waals surface area contributed by atoms with E-state index in [1.807, 2.05) is 30.5 Å². The van der Waals surface area contributed by atoms with Gasteiger partial charge in [0.05, 0.1) is 12.2 Å². The van der Waals surface area contributed by atoms with Crippen molar-refractivity contribution in [2.75, 3.05) is 14.1 Å². The minimum Gasteiger partial charge on any atom is -0.508 e. The molecule has 1 heterocycles. The first-order valence-electron chi connectivity index (χ1n) is 8.33. The smallest absolute Gasteiger partial charge is 0.194 e. The van der Waals surface area contributed by atoms with E-state index in [0.29, 0.717) is 6.54 Å². The predicted molar refractivity (Wildman–Crippen MR) is 98.5 cm³/mol. The van der Waals surface area contributed by atoms with E-state index >= 15 is 0 Å². The van der Waals surface area contributed by atoms with Crippen molar-refractivity contribution in [3.05, 3.63) is 45.4 Å². The predicted octanol–water partition coefficient (Wildman–Crippen LogP) is 2.93. The third-order valence-electron chi connectivity index (χ3n) is 4.22. The first-order valence-corrected chi connectivity index (χ1v) is 9.14. The van der Waals surface area contributed by atoms with Gasteiger partial charge in [-0.15, -0.1) is 11.3 Å². The average molecular weight is 344 g/mol. The number of thiazole rings is 1. The van der Waals surface area contributed by atoms with Crippen LogP contribution >= 0.6 is 11.3 Å². The zero-order valence-electron chi connectivity index (χ0n) is 14.2. The highest BCUT2D eigenvalue weighted by atomic mass is 32.1. The molecule has 0 bridgehead atoms. The van der Waals surface area contributed by atoms with Crippen molar-refractivity contribution in [1.29, 1.82) is 0 Å². The quantitative estimate of drug-likeness (QED) is 0.661. The zero-order valence-corrected chi connectivity index (χ0v) is 15.1. The molecule has 3 rings (SSSR count). The average Bonchev–Trinajstić information content (AvgIpc) is 2.99. The lowest BCUT2D eigenvalue weighted by atomic mass is 10.0. The second-order valence-electron chi connectivity index (χ2n) is 6.11. The van der Waals surface area contributed by atoms with Gasteiger partial charge in [0.25, 0.3) is 0 Å². The maximum absolute atomic E-state index is 9.34. The third kappa shape index (κ3) is 4.06. The van der Waals surface area contributed by atoms with Crippen LogP contribution < -0.4 is 5.32 Å². The molecule has 0 saturated carbocycles. The van der Waals surface area contributed by atoms with Crippen LogP contribution in [0.15, 0.2) is 29.3 Å². The molecule has 1 aliphatic carbocycles. The van der Waals surface area contributed by atoms with Gasteiger partial charge < -0.3 is 15.3 Å². The number of phenolic OH excluding ortho intramolecular Hbond substituents is 1. The highest BCUT2D eigenvalue weighted by Gasteiger charge is 2.16. The Morgan fingerprint density at radius 1 is 1.29 bits per heavy atom. The lowest BCUT2D eigenvalue weighted by Crippen LogP contribution is -2.38. The first kappa shape index (κ1) is 16.8. The van der Waals surface area contributed by atoms with Crippen LogP contribution in [0, 0.1) is 0 Å². The normalized spacial score (nSPS) is 14.3. The maximum Gasteiger partial charge on any atom is 0.194 e. The Bertz CT molecular complexity index is 685. The molecule has 128 valence electrons. The van der Waals surface area contributed by atoms with Crippen molar-refractivity contribution in [1.82, 2.24) is 15.2 Å². The van der Waals surface area contributed by atoms with Crippen LogP contribution in [0.3, 0.4) is 0 Å². The number of fused-ring (bicyclic) bond motifs is 1. The van der Waals surface area contributed by atoms with Crippen LogP contribution in [0.5, 0.6) is 5.75 Å². The molecule has 1 aromatic carbocycles. The fraction of sp³-hybridized carbons (Fsp3) is 0.444. The number of hydrogen-bond acceptors (Lipinski definition) is 4. The van der Waals surface area contributed by atoms with Gasteiger partial charge >= 0.3 is 0 Å². The lowest BCUT2D eigenvalue weighted by Gasteiger charge is -2.21. The summed E-state index contributed by atoms with van der Waals surface area (Å²) in [4.78, 5) is 12.7. The Hall–Kier alpha value is -2.08. The number of nitrogens with one attached hydrogen (secondary N) is 1. The molecule has 2 aromatic rings. The van der Waals surface area contributed by atoms with Crippen molar-refractivity contribution in [2.24, 2.45) is 4.99 Å². The number of aliphatic imine (C=N–C) groups is 1. The Balaban J connectivity index is 1.58. The number of guanidine groups is 1. The van der Waals surface area contributed by atoms with Crippen molar-refractivity contribution in [3.63, 3.8) is 0 Å². The van der Waals surface area contributed by atoms with Crippen LogP contribution in [0.1, 0.15) is 34.0 Å². The van der Waals surface area contributed by atoms with Crippen molar-refractivity contribution in [2.45, 2.75) is 38.8 Å². The molecule has 6 heteroatoms. The molecule has 24 heavy (non-hydrogen) atoms. The van der Waals surface area contributed by atoms with Crippen LogP contribution in [-0.2, 0) is 25.9 Å². The van der Waals surface area contributed by atoms with E-state index in [1.54, 1.807) is 19.2 Å². The fourth-order valence-electron chi connectivity index (χ4n) is 2.93. The Labute approximate surface area is 147 Å². The molecule has 0 unspecified atom stereocenters. The van der Waals surface area contributed by atoms with Gasteiger partial charge in [0, 0.05) is 25.5 Å². The van der Waals surface area contributed by atoms with Crippen molar-refractivity contribution in [3.8, 4) is 5.75 Å². The number of benzene rings is 1. The number of hydrogen-bond donors (Lipinski definition) is 2. The third-order valence-corrected chi connectivity index (χ3v) is 5.36. The molecule has 0 aliphatic heterocycles. The summed E-state index contributed by atoms with van der Waals surface area (Å²) in [6.45, 7) is 1.44. The Morgan fingerprint density at radius 3 is 2.75 bits per heavy atom. The van der Waals surface area contributed by atoms with Crippen LogP contribution in [0.25, 0.3) is 0 Å². The SMILES string of the molecule is CN=C(NCc1ccc(O)cc1)N(C)Cc1nc2c(s1)CCCC2. The molecule has 0 fully saturated rings. The standard InChI is InChI=1S/C18H24N4OS/c1-19-18(20-11-13-7-9-14(23)10-8-13)22(2)12-17-21-15-5-3-4-6-16(15)24-17/h7-10,23H,3-6,11-12H2,1-2H3,(H,19,20). The molecule has 0 amide bonds. The van der Waals surface area contributed by atoms with Crippen molar-refractivity contribution < 1.29 is 5.11 Å². The first-order chi connectivity index (χ1) is 11.7. The minimum atomic E-state index is 0.285. The number of phenols is 1. The fourth-order valence-corrected chi connectivity index (χ4v) is 4.14. The topological polar surface area (TPSA) is 60.8 Å². The van der Waals surface area contributed by atoms with Gasteiger partial charge in [0.15, 0.2) is 5.96 Å². The minimum absolute atomic E-state index is 0.285. The van der Waals surface area contributed by atoms with E-state index in [0.717, 1.165) is 29.5 Å². The summed E-state index contributed by atoms with van der Waals surface area (Å²) >= 11 is 1.84. The summed E-state index contributed by atoms with van der Waals surface area (Å²) in [5, 5.41) is 13.9. The van der Waals surface area contributed by atoms with E-state index in [4.69, 9.17) is 4.98 Å². The number of rotatable bonds is 4. The zero-order chi connectivity index (χ0) is 16.9.